The van der Waals surface area contributed by atoms with E-state index < -0.39 is 6.10 Å². The van der Waals surface area contributed by atoms with Crippen molar-refractivity contribution in [1.29, 1.82) is 0 Å². The van der Waals surface area contributed by atoms with Gasteiger partial charge in [0, 0.05) is 6.42 Å². The van der Waals surface area contributed by atoms with E-state index in [0.717, 1.165) is 0 Å². The minimum absolute atomic E-state index is 0.149. The Morgan fingerprint density at radius 2 is 2.18 bits per heavy atom. The molecule has 0 aliphatic heterocycles. The molecule has 11 heavy (non-hydrogen) atoms. The maximum absolute atomic E-state index is 9.23. The average molecular weight is 150 g/mol. The van der Waals surface area contributed by atoms with Gasteiger partial charge >= 0.3 is 0 Å². The molecule has 0 amide bonds. The molecule has 0 aromatic heterocycles. The van der Waals surface area contributed by atoms with Crippen molar-refractivity contribution in [1.82, 2.24) is 0 Å². The van der Waals surface area contributed by atoms with E-state index in [0.29, 0.717) is 6.42 Å². The summed E-state index contributed by atoms with van der Waals surface area (Å²) in [5.41, 5.74) is 1.39. The van der Waals surface area contributed by atoms with E-state index >= 15 is 0 Å². The van der Waals surface area contributed by atoms with Crippen molar-refractivity contribution in [2.45, 2.75) is 33.3 Å². The highest BCUT2D eigenvalue weighted by molar-refractivity contribution is 5.31. The second kappa shape index (κ2) is 2.71. The summed E-state index contributed by atoms with van der Waals surface area (Å²) in [6.07, 6.45) is 2.18. The van der Waals surface area contributed by atoms with Crippen LogP contribution in [0.3, 0.4) is 0 Å². The van der Waals surface area contributed by atoms with Crippen molar-refractivity contribution in [2.24, 2.45) is 5.41 Å². The van der Waals surface area contributed by atoms with Crippen LogP contribution in [0.1, 0.15) is 27.2 Å². The second-order valence-electron chi connectivity index (χ2n) is 3.93. The van der Waals surface area contributed by atoms with Gasteiger partial charge in [-0.15, -0.1) is 0 Å². The first-order valence-corrected chi connectivity index (χ1v) is 3.89. The number of aliphatic hydroxyl groups is 1. The molecular formula is C10H14O. The quantitative estimate of drug-likeness (QED) is 0.521. The molecule has 0 saturated carbocycles. The molecule has 0 saturated heterocycles. The molecule has 1 N–H and O–H groups in total. The Kier molecular flexibility index (Phi) is 2.06. The van der Waals surface area contributed by atoms with Gasteiger partial charge in [-0.05, 0) is 11.5 Å². The Morgan fingerprint density at radius 3 is 2.55 bits per heavy atom. The normalized spacial score (nSPS) is 23.6. The first-order valence-electron chi connectivity index (χ1n) is 3.89. The maximum atomic E-state index is 9.23. The van der Waals surface area contributed by atoms with Crippen molar-refractivity contribution in [2.75, 3.05) is 0 Å². The molecule has 1 aliphatic carbocycles. The standard InChI is InChI=1S/C10H14O/c1-10(2,3)8-5-4-6-9(11)7-8/h5,9,11H,7H2,1-3H3. The topological polar surface area (TPSA) is 20.2 Å². The van der Waals surface area contributed by atoms with Gasteiger partial charge < -0.3 is 5.11 Å². The van der Waals surface area contributed by atoms with Crippen molar-refractivity contribution >= 4 is 0 Å². The van der Waals surface area contributed by atoms with Gasteiger partial charge in [0.15, 0.2) is 0 Å². The van der Waals surface area contributed by atoms with E-state index in [-0.39, 0.29) is 5.41 Å². The first-order chi connectivity index (χ1) is 5.00. The monoisotopic (exact) mass is 150 g/mol. The van der Waals surface area contributed by atoms with Crippen LogP contribution < -0.4 is 0 Å². The third-order valence-electron chi connectivity index (χ3n) is 1.87. The van der Waals surface area contributed by atoms with Gasteiger partial charge in [-0.1, -0.05) is 38.2 Å². The molecular weight excluding hydrogens is 136 g/mol. The van der Waals surface area contributed by atoms with E-state index in [9.17, 15) is 5.11 Å². The number of aliphatic hydroxyl groups excluding tert-OH is 1. The van der Waals surface area contributed by atoms with Crippen LogP contribution in [0.4, 0.5) is 0 Å². The highest BCUT2D eigenvalue weighted by Crippen LogP contribution is 2.29. The van der Waals surface area contributed by atoms with E-state index in [1.165, 1.54) is 5.57 Å². The predicted octanol–water partition coefficient (Wildman–Crippen LogP) is 1.73. The largest absolute Gasteiger partial charge is 0.380 e. The Bertz CT molecular complexity index is 232. The number of hydrogen-bond donors (Lipinski definition) is 1. The number of hydrogen-bond acceptors (Lipinski definition) is 1. The van der Waals surface area contributed by atoms with Gasteiger partial charge in [0.05, 0.1) is 0 Å². The fourth-order valence-corrected chi connectivity index (χ4v) is 1.07. The molecule has 0 aromatic rings. The molecule has 0 spiro atoms. The zero-order valence-corrected chi connectivity index (χ0v) is 7.31. The Hall–Kier alpha value is -0.740. The Labute approximate surface area is 68.1 Å². The van der Waals surface area contributed by atoms with Crippen LogP contribution in [-0.2, 0) is 0 Å². The fourth-order valence-electron chi connectivity index (χ4n) is 1.07. The van der Waals surface area contributed by atoms with Gasteiger partial charge in [0.25, 0.3) is 0 Å². The van der Waals surface area contributed by atoms with E-state index in [4.69, 9.17) is 0 Å². The molecule has 0 heterocycles. The number of allylic oxidation sites excluding steroid dienone is 1. The molecule has 1 heteroatoms. The van der Waals surface area contributed by atoms with Gasteiger partial charge in [0.1, 0.15) is 6.10 Å². The summed E-state index contributed by atoms with van der Waals surface area (Å²) in [5, 5.41) is 9.23. The summed E-state index contributed by atoms with van der Waals surface area (Å²) in [6.45, 7) is 6.41. The zero-order valence-electron chi connectivity index (χ0n) is 7.31. The third-order valence-corrected chi connectivity index (χ3v) is 1.87. The first kappa shape index (κ1) is 8.36. The Balaban J connectivity index is 2.79. The summed E-state index contributed by atoms with van der Waals surface area (Å²) in [6, 6.07) is 0. The lowest BCUT2D eigenvalue weighted by molar-refractivity contribution is 0.223. The summed E-state index contributed by atoms with van der Waals surface area (Å²) in [4.78, 5) is 0. The van der Waals surface area contributed by atoms with Crippen LogP contribution in [-0.4, -0.2) is 11.2 Å². The molecule has 0 bridgehead atoms. The molecule has 1 rings (SSSR count). The van der Waals surface area contributed by atoms with Crippen molar-refractivity contribution in [3.05, 3.63) is 11.6 Å². The lowest BCUT2D eigenvalue weighted by atomic mass is 9.82. The second-order valence-corrected chi connectivity index (χ2v) is 3.93. The van der Waals surface area contributed by atoms with E-state index in [1.807, 2.05) is 6.08 Å². The van der Waals surface area contributed by atoms with Gasteiger partial charge in [-0.3, -0.25) is 0 Å². The molecule has 1 nitrogen and oxygen atoms in total. The van der Waals surface area contributed by atoms with Crippen LogP contribution in [0.15, 0.2) is 11.6 Å². The molecule has 1 atom stereocenters. The summed E-state index contributed by atoms with van der Waals surface area (Å²) in [5.74, 6) is 5.54. The van der Waals surface area contributed by atoms with E-state index in [1.54, 1.807) is 0 Å². The van der Waals surface area contributed by atoms with Crippen LogP contribution in [0.5, 0.6) is 0 Å². The van der Waals surface area contributed by atoms with E-state index in [2.05, 4.69) is 32.6 Å². The Morgan fingerprint density at radius 1 is 1.55 bits per heavy atom. The van der Waals surface area contributed by atoms with Gasteiger partial charge in [0.2, 0.25) is 0 Å². The SMILES string of the molecule is CC(C)(C)C1=CC#CC(O)C1. The minimum atomic E-state index is -0.450. The zero-order chi connectivity index (χ0) is 8.48. The van der Waals surface area contributed by atoms with Crippen molar-refractivity contribution in [3.63, 3.8) is 0 Å². The highest BCUT2D eigenvalue weighted by Gasteiger charge is 2.20. The molecule has 1 unspecified atom stereocenters. The van der Waals surface area contributed by atoms with Crippen molar-refractivity contribution < 1.29 is 5.11 Å². The van der Waals surface area contributed by atoms with Gasteiger partial charge in [-0.25, -0.2) is 0 Å². The average Bonchev–Trinajstić information content (AvgIpc) is 1.86. The van der Waals surface area contributed by atoms with Crippen molar-refractivity contribution in [3.8, 4) is 11.8 Å². The minimum Gasteiger partial charge on any atom is -0.380 e. The smallest absolute Gasteiger partial charge is 0.118 e. The van der Waals surface area contributed by atoms with Crippen LogP contribution in [0.25, 0.3) is 0 Å². The summed E-state index contributed by atoms with van der Waals surface area (Å²) >= 11 is 0. The third kappa shape index (κ3) is 2.10. The lowest BCUT2D eigenvalue weighted by Crippen LogP contribution is -2.17. The molecule has 60 valence electrons. The predicted molar refractivity (Wildman–Crippen MR) is 45.9 cm³/mol. The molecule has 0 aromatic carbocycles. The van der Waals surface area contributed by atoms with Crippen LogP contribution >= 0.6 is 0 Å². The lowest BCUT2D eigenvalue weighted by Gasteiger charge is -2.24. The molecule has 0 fully saturated rings. The number of rotatable bonds is 0. The van der Waals surface area contributed by atoms with Crippen LogP contribution in [0, 0.1) is 17.3 Å². The fraction of sp³-hybridized carbons (Fsp3) is 0.600. The maximum Gasteiger partial charge on any atom is 0.118 e. The molecule has 1 aliphatic rings. The summed E-state index contributed by atoms with van der Waals surface area (Å²) in [7, 11) is 0. The van der Waals surface area contributed by atoms with Gasteiger partial charge in [-0.2, -0.15) is 0 Å². The van der Waals surface area contributed by atoms with Crippen LogP contribution in [0.2, 0.25) is 0 Å². The highest BCUT2D eigenvalue weighted by atomic mass is 16.3. The molecule has 0 radical (unpaired) electrons. The summed E-state index contributed by atoms with van der Waals surface area (Å²) < 4.78 is 0.